The molecule has 2 aromatic rings. The predicted molar refractivity (Wildman–Crippen MR) is 81.5 cm³/mol. The fourth-order valence-electron chi connectivity index (χ4n) is 3.09. The van der Waals surface area contributed by atoms with Crippen molar-refractivity contribution in [1.29, 1.82) is 0 Å². The summed E-state index contributed by atoms with van der Waals surface area (Å²) in [4.78, 5) is 6.69. The molecule has 5 heteroatoms. The first-order valence-corrected chi connectivity index (χ1v) is 7.25. The summed E-state index contributed by atoms with van der Waals surface area (Å²) in [6.45, 7) is 2.08. The lowest BCUT2D eigenvalue weighted by Gasteiger charge is -2.49. The molecule has 0 aliphatic carbocycles. The molecule has 3 aliphatic rings. The molecule has 5 rings (SSSR count). The third-order valence-electron chi connectivity index (χ3n) is 4.14. The molecule has 108 valence electrons. The van der Waals surface area contributed by atoms with Crippen molar-refractivity contribution in [2.24, 2.45) is 0 Å². The van der Waals surface area contributed by atoms with E-state index in [4.69, 9.17) is 0 Å². The van der Waals surface area contributed by atoms with Crippen LogP contribution in [0.5, 0.6) is 0 Å². The van der Waals surface area contributed by atoms with Crippen LogP contribution in [0.25, 0.3) is 0 Å². The Morgan fingerprint density at radius 2 is 1.81 bits per heavy atom. The van der Waals surface area contributed by atoms with Crippen molar-refractivity contribution in [3.05, 3.63) is 48.5 Å². The zero-order valence-corrected chi connectivity index (χ0v) is 11.6. The molecule has 4 nitrogen and oxygen atoms in total. The lowest BCUT2D eigenvalue weighted by molar-refractivity contribution is 0.226. The van der Waals surface area contributed by atoms with Gasteiger partial charge in [-0.05, 0) is 36.8 Å². The van der Waals surface area contributed by atoms with Crippen molar-refractivity contribution in [1.82, 2.24) is 10.3 Å². The summed E-state index contributed by atoms with van der Waals surface area (Å²) < 4.78 is 12.9. The molecule has 3 aliphatic heterocycles. The topological polar surface area (TPSA) is 40.2 Å². The van der Waals surface area contributed by atoms with Crippen LogP contribution in [-0.4, -0.2) is 30.2 Å². The van der Waals surface area contributed by atoms with E-state index in [-0.39, 0.29) is 5.82 Å². The number of piperazine rings is 1. The van der Waals surface area contributed by atoms with E-state index in [0.717, 1.165) is 30.2 Å². The highest BCUT2D eigenvalue weighted by atomic mass is 19.1. The summed E-state index contributed by atoms with van der Waals surface area (Å²) in [7, 11) is 0. The zero-order chi connectivity index (χ0) is 14.2. The van der Waals surface area contributed by atoms with E-state index in [2.05, 4.69) is 26.6 Å². The number of halogens is 1. The van der Waals surface area contributed by atoms with Crippen molar-refractivity contribution < 1.29 is 4.39 Å². The van der Waals surface area contributed by atoms with Crippen LogP contribution in [0.3, 0.4) is 0 Å². The first-order chi connectivity index (χ1) is 10.3. The molecule has 21 heavy (non-hydrogen) atoms. The molecule has 0 radical (unpaired) electrons. The molecule has 0 spiro atoms. The highest BCUT2D eigenvalue weighted by molar-refractivity contribution is 5.63. The van der Waals surface area contributed by atoms with Gasteiger partial charge in [0.25, 0.3) is 0 Å². The monoisotopic (exact) mass is 284 g/mol. The SMILES string of the molecule is Fc1ccc(Nc2cncc(N3CC4CC(C3)N4)c2)cc1. The minimum Gasteiger partial charge on any atom is -0.367 e. The fourth-order valence-corrected chi connectivity index (χ4v) is 3.09. The molecule has 3 saturated heterocycles. The van der Waals surface area contributed by atoms with Crippen molar-refractivity contribution in [3.63, 3.8) is 0 Å². The Balaban J connectivity index is 1.51. The van der Waals surface area contributed by atoms with Crippen LogP contribution in [-0.2, 0) is 0 Å². The van der Waals surface area contributed by atoms with Gasteiger partial charge in [0.2, 0.25) is 0 Å². The van der Waals surface area contributed by atoms with Crippen LogP contribution >= 0.6 is 0 Å². The van der Waals surface area contributed by atoms with Crippen molar-refractivity contribution in [3.8, 4) is 0 Å². The second-order valence-electron chi connectivity index (χ2n) is 5.76. The second kappa shape index (κ2) is 5.00. The minimum absolute atomic E-state index is 0.229. The molecule has 4 heterocycles. The third-order valence-corrected chi connectivity index (χ3v) is 4.14. The number of hydrogen-bond donors (Lipinski definition) is 2. The van der Waals surface area contributed by atoms with Crippen molar-refractivity contribution in [2.45, 2.75) is 18.5 Å². The first-order valence-electron chi connectivity index (χ1n) is 7.25. The van der Waals surface area contributed by atoms with E-state index in [9.17, 15) is 4.39 Å². The molecule has 1 aromatic carbocycles. The Morgan fingerprint density at radius 3 is 2.52 bits per heavy atom. The molecule has 1 aromatic heterocycles. The Kier molecular flexibility index (Phi) is 3.00. The summed E-state index contributed by atoms with van der Waals surface area (Å²) in [6, 6.07) is 9.69. The maximum absolute atomic E-state index is 12.9. The van der Waals surface area contributed by atoms with Gasteiger partial charge < -0.3 is 15.5 Å². The molecule has 2 bridgehead atoms. The molecule has 2 N–H and O–H groups in total. The van der Waals surface area contributed by atoms with Gasteiger partial charge in [0.1, 0.15) is 5.82 Å². The summed E-state index contributed by atoms with van der Waals surface area (Å²) in [6.07, 6.45) is 4.98. The molecule has 0 saturated carbocycles. The molecule has 0 amide bonds. The number of hydrogen-bond acceptors (Lipinski definition) is 4. The predicted octanol–water partition coefficient (Wildman–Crippen LogP) is 2.51. The maximum atomic E-state index is 12.9. The largest absolute Gasteiger partial charge is 0.367 e. The van der Waals surface area contributed by atoms with E-state index >= 15 is 0 Å². The number of benzene rings is 1. The summed E-state index contributed by atoms with van der Waals surface area (Å²) in [5.74, 6) is -0.229. The number of anilines is 3. The normalized spacial score (nSPS) is 23.6. The average Bonchev–Trinajstić information content (AvgIpc) is 2.49. The second-order valence-corrected chi connectivity index (χ2v) is 5.76. The van der Waals surface area contributed by atoms with Crippen LogP contribution in [0.2, 0.25) is 0 Å². The molecular formula is C16H17FN4. The number of fused-ring (bicyclic) bond motifs is 2. The highest BCUT2D eigenvalue weighted by Gasteiger charge is 2.36. The van der Waals surface area contributed by atoms with Gasteiger partial charge in [0.05, 0.1) is 23.8 Å². The minimum atomic E-state index is -0.229. The molecular weight excluding hydrogens is 267 g/mol. The van der Waals surface area contributed by atoms with Gasteiger partial charge in [-0.25, -0.2) is 4.39 Å². The van der Waals surface area contributed by atoms with E-state index in [0.29, 0.717) is 12.1 Å². The zero-order valence-electron chi connectivity index (χ0n) is 11.6. The average molecular weight is 284 g/mol. The number of pyridine rings is 1. The number of rotatable bonds is 3. The lowest BCUT2D eigenvalue weighted by atomic mass is 9.91. The Labute approximate surface area is 123 Å². The first kappa shape index (κ1) is 12.6. The Bertz CT molecular complexity index is 627. The van der Waals surface area contributed by atoms with Crippen LogP contribution in [0.15, 0.2) is 42.7 Å². The Morgan fingerprint density at radius 1 is 1.10 bits per heavy atom. The highest BCUT2D eigenvalue weighted by Crippen LogP contribution is 2.27. The van der Waals surface area contributed by atoms with Gasteiger partial charge in [-0.2, -0.15) is 0 Å². The molecule has 3 fully saturated rings. The van der Waals surface area contributed by atoms with Gasteiger partial charge in [-0.1, -0.05) is 0 Å². The van der Waals surface area contributed by atoms with Crippen LogP contribution in [0.4, 0.5) is 21.5 Å². The number of aromatic nitrogens is 1. The third kappa shape index (κ3) is 2.56. The quantitative estimate of drug-likeness (QED) is 0.908. The van der Waals surface area contributed by atoms with Crippen molar-refractivity contribution >= 4 is 17.1 Å². The van der Waals surface area contributed by atoms with Gasteiger partial charge in [-0.15, -0.1) is 0 Å². The summed E-state index contributed by atoms with van der Waals surface area (Å²) in [5, 5.41) is 6.79. The van der Waals surface area contributed by atoms with Gasteiger partial charge in [-0.3, -0.25) is 4.98 Å². The van der Waals surface area contributed by atoms with Crippen molar-refractivity contribution in [2.75, 3.05) is 23.3 Å². The van der Waals surface area contributed by atoms with Gasteiger partial charge in [0, 0.05) is 30.9 Å². The molecule has 2 unspecified atom stereocenters. The molecule has 2 atom stereocenters. The summed E-state index contributed by atoms with van der Waals surface area (Å²) in [5.41, 5.74) is 2.92. The van der Waals surface area contributed by atoms with Crippen LogP contribution in [0.1, 0.15) is 6.42 Å². The smallest absolute Gasteiger partial charge is 0.123 e. The van der Waals surface area contributed by atoms with Gasteiger partial charge >= 0.3 is 0 Å². The Hall–Kier alpha value is -2.14. The van der Waals surface area contributed by atoms with E-state index < -0.39 is 0 Å². The number of nitrogens with zero attached hydrogens (tertiary/aromatic N) is 2. The number of nitrogens with one attached hydrogen (secondary N) is 2. The number of piperidine rings is 1. The van der Waals surface area contributed by atoms with E-state index in [1.54, 1.807) is 18.3 Å². The fraction of sp³-hybridized carbons (Fsp3) is 0.312. The van der Waals surface area contributed by atoms with E-state index in [1.807, 2.05) is 6.20 Å². The van der Waals surface area contributed by atoms with Crippen LogP contribution in [0, 0.1) is 5.82 Å². The lowest BCUT2D eigenvalue weighted by Crippen LogP contribution is -2.67. The maximum Gasteiger partial charge on any atom is 0.123 e. The van der Waals surface area contributed by atoms with Gasteiger partial charge in [0.15, 0.2) is 0 Å². The standard InChI is InChI=1S/C16H17FN4/c17-11-1-3-12(4-2-11)19-13-6-16(8-18-7-13)21-9-14-5-15(10-21)20-14/h1-4,6-8,14-15,19-20H,5,9-10H2. The van der Waals surface area contributed by atoms with Crippen LogP contribution < -0.4 is 15.5 Å². The summed E-state index contributed by atoms with van der Waals surface area (Å²) >= 11 is 0. The van der Waals surface area contributed by atoms with E-state index in [1.165, 1.54) is 18.6 Å².